The first-order valence-electron chi connectivity index (χ1n) is 8.84. The van der Waals surface area contributed by atoms with Gasteiger partial charge in [0.15, 0.2) is 0 Å². The second kappa shape index (κ2) is 8.64. The Kier molecular flexibility index (Phi) is 6.23. The average Bonchev–Trinajstić information content (AvgIpc) is 3.22. The van der Waals surface area contributed by atoms with Crippen molar-refractivity contribution in [3.05, 3.63) is 65.3 Å². The number of amides is 1. The van der Waals surface area contributed by atoms with Crippen molar-refractivity contribution in [2.75, 3.05) is 6.54 Å². The molecule has 0 fully saturated rings. The lowest BCUT2D eigenvalue weighted by Gasteiger charge is -2.10. The number of carbonyl (C=O) groups excluding carboxylic acids is 1. The summed E-state index contributed by atoms with van der Waals surface area (Å²) in [5, 5.41) is 3.34. The van der Waals surface area contributed by atoms with Crippen LogP contribution in [0.15, 0.2) is 63.8 Å². The molecule has 1 aromatic heterocycles. The van der Waals surface area contributed by atoms with Gasteiger partial charge in [-0.25, -0.2) is 13.4 Å². The fraction of sp³-hybridized carbons (Fsp3) is 0.200. The molecule has 3 N–H and O–H groups in total. The first kappa shape index (κ1) is 20.2. The zero-order valence-electron chi connectivity index (χ0n) is 15.4. The van der Waals surface area contributed by atoms with E-state index in [1.807, 2.05) is 37.3 Å². The van der Waals surface area contributed by atoms with E-state index in [2.05, 4.69) is 10.3 Å². The molecule has 3 rings (SSSR count). The molecule has 3 aromatic rings. The molecule has 0 unspecified atom stereocenters. The maximum Gasteiger partial charge on any atom is 0.251 e. The van der Waals surface area contributed by atoms with Crippen LogP contribution in [0, 0.1) is 0 Å². The molecule has 146 valence electrons. The van der Waals surface area contributed by atoms with Crippen molar-refractivity contribution in [1.29, 1.82) is 0 Å². The van der Waals surface area contributed by atoms with E-state index in [0.29, 0.717) is 22.7 Å². The van der Waals surface area contributed by atoms with Gasteiger partial charge in [0.25, 0.3) is 5.91 Å². The number of nitrogens with two attached hydrogens (primary N) is 1. The number of sulfone groups is 1. The molecule has 2 aromatic carbocycles. The van der Waals surface area contributed by atoms with Crippen LogP contribution in [-0.2, 0) is 16.4 Å². The van der Waals surface area contributed by atoms with Crippen LogP contribution in [-0.4, -0.2) is 25.9 Å². The van der Waals surface area contributed by atoms with Crippen LogP contribution in [0.3, 0.4) is 0 Å². The standard InChI is InChI=1S/C20H21N3O3S2/c1-2-8-22-20(24)16-9-15(14-6-4-3-5-7-14)10-17(11-16)28(25,26)19-13-23-18(12-21)27-19/h3-7,9-11,13H,2,8,12,21H2,1H3,(H,22,24). The first-order chi connectivity index (χ1) is 13.5. The van der Waals surface area contributed by atoms with Gasteiger partial charge in [-0.1, -0.05) is 37.3 Å². The number of nitrogens with one attached hydrogen (secondary N) is 1. The third-order valence-electron chi connectivity index (χ3n) is 4.09. The molecule has 6 nitrogen and oxygen atoms in total. The lowest BCUT2D eigenvalue weighted by atomic mass is 10.0. The molecule has 28 heavy (non-hydrogen) atoms. The van der Waals surface area contributed by atoms with Gasteiger partial charge >= 0.3 is 0 Å². The molecule has 0 saturated carbocycles. The Bertz CT molecular complexity index is 1080. The number of carbonyl (C=O) groups is 1. The first-order valence-corrected chi connectivity index (χ1v) is 11.1. The lowest BCUT2D eigenvalue weighted by molar-refractivity contribution is 0.0953. The van der Waals surface area contributed by atoms with Crippen LogP contribution in [0.5, 0.6) is 0 Å². The molecule has 0 bridgehead atoms. The molecule has 0 saturated heterocycles. The number of aromatic nitrogens is 1. The summed E-state index contributed by atoms with van der Waals surface area (Å²) in [7, 11) is -3.81. The number of thiazole rings is 1. The van der Waals surface area contributed by atoms with E-state index in [4.69, 9.17) is 5.73 Å². The van der Waals surface area contributed by atoms with Crippen molar-refractivity contribution < 1.29 is 13.2 Å². The summed E-state index contributed by atoms with van der Waals surface area (Å²) in [6.07, 6.45) is 2.10. The van der Waals surface area contributed by atoms with Gasteiger partial charge in [0.2, 0.25) is 9.84 Å². The normalized spacial score (nSPS) is 11.4. The predicted octanol–water partition coefficient (Wildman–Crippen LogP) is 3.24. The second-order valence-electron chi connectivity index (χ2n) is 6.15. The maximum absolute atomic E-state index is 13.1. The number of hydrogen-bond donors (Lipinski definition) is 2. The lowest BCUT2D eigenvalue weighted by Crippen LogP contribution is -2.24. The van der Waals surface area contributed by atoms with Gasteiger partial charge in [-0.3, -0.25) is 4.79 Å². The highest BCUT2D eigenvalue weighted by atomic mass is 32.2. The zero-order valence-corrected chi connectivity index (χ0v) is 17.0. The second-order valence-corrected chi connectivity index (χ2v) is 9.44. The monoisotopic (exact) mass is 415 g/mol. The number of benzene rings is 2. The highest BCUT2D eigenvalue weighted by molar-refractivity contribution is 7.93. The van der Waals surface area contributed by atoms with Gasteiger partial charge in [-0.05, 0) is 35.7 Å². The van der Waals surface area contributed by atoms with Crippen LogP contribution in [0.1, 0.15) is 28.7 Å². The molecule has 0 spiro atoms. The molecular formula is C20H21N3O3S2. The zero-order chi connectivity index (χ0) is 20.1. The summed E-state index contributed by atoms with van der Waals surface area (Å²) < 4.78 is 26.4. The molecule has 0 radical (unpaired) electrons. The molecule has 1 heterocycles. The minimum atomic E-state index is -3.81. The van der Waals surface area contributed by atoms with Gasteiger partial charge in [-0.2, -0.15) is 0 Å². The minimum absolute atomic E-state index is 0.0581. The Balaban J connectivity index is 2.12. The van der Waals surface area contributed by atoms with Crippen LogP contribution >= 0.6 is 11.3 Å². The van der Waals surface area contributed by atoms with Gasteiger partial charge in [0.1, 0.15) is 9.22 Å². The van der Waals surface area contributed by atoms with Gasteiger partial charge < -0.3 is 11.1 Å². The van der Waals surface area contributed by atoms with Crippen LogP contribution < -0.4 is 11.1 Å². The van der Waals surface area contributed by atoms with Crippen molar-refractivity contribution in [3.8, 4) is 11.1 Å². The molecule has 1 amide bonds. The number of hydrogen-bond acceptors (Lipinski definition) is 6. The molecule has 8 heteroatoms. The van der Waals surface area contributed by atoms with E-state index in [1.165, 1.54) is 12.3 Å². The van der Waals surface area contributed by atoms with Gasteiger partial charge in [0.05, 0.1) is 11.1 Å². The van der Waals surface area contributed by atoms with E-state index in [1.54, 1.807) is 12.1 Å². The summed E-state index contributed by atoms with van der Waals surface area (Å²) >= 11 is 1.04. The highest BCUT2D eigenvalue weighted by Crippen LogP contribution is 2.30. The van der Waals surface area contributed by atoms with E-state index in [-0.39, 0.29) is 21.6 Å². The van der Waals surface area contributed by atoms with E-state index < -0.39 is 9.84 Å². The molecular weight excluding hydrogens is 394 g/mol. The minimum Gasteiger partial charge on any atom is -0.352 e. The SMILES string of the molecule is CCCNC(=O)c1cc(-c2ccccc2)cc(S(=O)(=O)c2cnc(CN)s2)c1. The molecule has 0 aliphatic heterocycles. The highest BCUT2D eigenvalue weighted by Gasteiger charge is 2.23. The van der Waals surface area contributed by atoms with Crippen LogP contribution in [0.2, 0.25) is 0 Å². The van der Waals surface area contributed by atoms with Gasteiger partial charge in [0, 0.05) is 18.7 Å². The molecule has 0 aliphatic carbocycles. The summed E-state index contributed by atoms with van der Waals surface area (Å²) in [5.74, 6) is -0.303. The maximum atomic E-state index is 13.1. The van der Waals surface area contributed by atoms with Crippen molar-refractivity contribution in [2.45, 2.75) is 29.0 Å². The van der Waals surface area contributed by atoms with E-state index in [0.717, 1.165) is 23.3 Å². The van der Waals surface area contributed by atoms with E-state index in [9.17, 15) is 13.2 Å². The number of rotatable bonds is 7. The van der Waals surface area contributed by atoms with Crippen molar-refractivity contribution in [1.82, 2.24) is 10.3 Å². The Morgan fingerprint density at radius 3 is 2.54 bits per heavy atom. The average molecular weight is 416 g/mol. The Morgan fingerprint density at radius 2 is 1.89 bits per heavy atom. The molecule has 0 aliphatic rings. The largest absolute Gasteiger partial charge is 0.352 e. The van der Waals surface area contributed by atoms with Crippen molar-refractivity contribution in [2.24, 2.45) is 5.73 Å². The Morgan fingerprint density at radius 1 is 1.14 bits per heavy atom. The smallest absolute Gasteiger partial charge is 0.251 e. The quantitative estimate of drug-likeness (QED) is 0.617. The van der Waals surface area contributed by atoms with Gasteiger partial charge in [-0.15, -0.1) is 11.3 Å². The third-order valence-corrected chi connectivity index (χ3v) is 7.31. The summed E-state index contributed by atoms with van der Waals surface area (Å²) in [6.45, 7) is 2.65. The number of nitrogens with zero attached hydrogens (tertiary/aromatic N) is 1. The Hall–Kier alpha value is -2.55. The topological polar surface area (TPSA) is 102 Å². The van der Waals surface area contributed by atoms with Crippen molar-refractivity contribution in [3.63, 3.8) is 0 Å². The third kappa shape index (κ3) is 4.30. The summed E-state index contributed by atoms with van der Waals surface area (Å²) in [6, 6.07) is 14.1. The predicted molar refractivity (Wildman–Crippen MR) is 110 cm³/mol. The molecule has 0 atom stereocenters. The van der Waals surface area contributed by atoms with Crippen LogP contribution in [0.4, 0.5) is 0 Å². The summed E-state index contributed by atoms with van der Waals surface area (Å²) in [5.41, 5.74) is 7.35. The summed E-state index contributed by atoms with van der Waals surface area (Å²) in [4.78, 5) is 16.6. The van der Waals surface area contributed by atoms with E-state index >= 15 is 0 Å². The van der Waals surface area contributed by atoms with Crippen molar-refractivity contribution >= 4 is 27.1 Å². The Labute approximate surface area is 168 Å². The van der Waals surface area contributed by atoms with Crippen LogP contribution in [0.25, 0.3) is 11.1 Å². The fourth-order valence-electron chi connectivity index (χ4n) is 2.65. The fourth-order valence-corrected chi connectivity index (χ4v) is 5.18.